The van der Waals surface area contributed by atoms with Crippen LogP contribution in [0.2, 0.25) is 0 Å². The molecule has 0 aliphatic rings. The SMILES string of the molecule is COc1ccc([N+](=O)[O-])cc1CSc1nnc(NC(=O)c2ccccc2Br)s1. The van der Waals surface area contributed by atoms with Gasteiger partial charge in [0.25, 0.3) is 11.6 Å². The van der Waals surface area contributed by atoms with Crippen molar-refractivity contribution < 1.29 is 14.5 Å². The van der Waals surface area contributed by atoms with Gasteiger partial charge in [0.05, 0.1) is 17.6 Å². The normalized spacial score (nSPS) is 10.5. The van der Waals surface area contributed by atoms with E-state index in [1.807, 2.05) is 6.07 Å². The molecule has 2 aromatic carbocycles. The number of non-ortho nitro benzene ring substituents is 1. The average molecular weight is 481 g/mol. The van der Waals surface area contributed by atoms with Gasteiger partial charge in [-0.25, -0.2) is 0 Å². The summed E-state index contributed by atoms with van der Waals surface area (Å²) in [5.41, 5.74) is 1.17. The van der Waals surface area contributed by atoms with Gasteiger partial charge in [-0.3, -0.25) is 20.2 Å². The van der Waals surface area contributed by atoms with Gasteiger partial charge >= 0.3 is 0 Å². The summed E-state index contributed by atoms with van der Waals surface area (Å²) >= 11 is 5.91. The standard InChI is InChI=1S/C17H13BrN4O4S2/c1-26-14-7-6-11(22(24)25)8-10(14)9-27-17-21-20-16(28-17)19-15(23)12-4-2-3-5-13(12)18/h2-8H,9H2,1H3,(H,19,20,23). The van der Waals surface area contributed by atoms with E-state index in [0.717, 1.165) is 0 Å². The highest BCUT2D eigenvalue weighted by atomic mass is 79.9. The molecule has 0 saturated carbocycles. The summed E-state index contributed by atoms with van der Waals surface area (Å²) in [6.07, 6.45) is 0. The Kier molecular flexibility index (Phi) is 6.60. The number of nitrogens with one attached hydrogen (secondary N) is 1. The molecule has 0 aliphatic carbocycles. The zero-order valence-electron chi connectivity index (χ0n) is 14.4. The number of methoxy groups -OCH3 is 1. The van der Waals surface area contributed by atoms with Crippen LogP contribution in [0.15, 0.2) is 51.3 Å². The van der Waals surface area contributed by atoms with Gasteiger partial charge in [-0.05, 0) is 34.1 Å². The van der Waals surface area contributed by atoms with Crippen molar-refractivity contribution in [1.29, 1.82) is 0 Å². The Morgan fingerprint density at radius 2 is 2.11 bits per heavy atom. The monoisotopic (exact) mass is 480 g/mol. The molecule has 1 amide bonds. The lowest BCUT2D eigenvalue weighted by molar-refractivity contribution is -0.384. The highest BCUT2D eigenvalue weighted by Gasteiger charge is 2.15. The van der Waals surface area contributed by atoms with Crippen molar-refractivity contribution in [3.05, 3.63) is 68.2 Å². The second-order valence-corrected chi connectivity index (χ2v) is 8.40. The van der Waals surface area contributed by atoms with E-state index < -0.39 is 4.92 Å². The first-order valence-electron chi connectivity index (χ1n) is 7.81. The van der Waals surface area contributed by atoms with E-state index >= 15 is 0 Å². The molecule has 0 spiro atoms. The van der Waals surface area contributed by atoms with Crippen LogP contribution in [0.5, 0.6) is 5.75 Å². The number of anilines is 1. The molecule has 0 saturated heterocycles. The van der Waals surface area contributed by atoms with Crippen LogP contribution in [0.3, 0.4) is 0 Å². The maximum atomic E-state index is 12.3. The summed E-state index contributed by atoms with van der Waals surface area (Å²) in [7, 11) is 1.51. The van der Waals surface area contributed by atoms with Crippen LogP contribution in [0.25, 0.3) is 0 Å². The molecule has 1 aromatic heterocycles. The number of amides is 1. The molecule has 1 heterocycles. The van der Waals surface area contributed by atoms with Gasteiger partial charge in [-0.1, -0.05) is 35.2 Å². The summed E-state index contributed by atoms with van der Waals surface area (Å²) in [6, 6.07) is 11.5. The van der Waals surface area contributed by atoms with E-state index in [0.29, 0.717) is 36.6 Å². The highest BCUT2D eigenvalue weighted by Crippen LogP contribution is 2.33. The largest absolute Gasteiger partial charge is 0.496 e. The number of aromatic nitrogens is 2. The van der Waals surface area contributed by atoms with E-state index in [1.165, 1.54) is 42.3 Å². The minimum absolute atomic E-state index is 0.00458. The smallest absolute Gasteiger partial charge is 0.270 e. The van der Waals surface area contributed by atoms with Crippen molar-refractivity contribution in [1.82, 2.24) is 10.2 Å². The number of benzene rings is 2. The fraction of sp³-hybridized carbons (Fsp3) is 0.118. The van der Waals surface area contributed by atoms with Crippen LogP contribution in [0, 0.1) is 10.1 Å². The fourth-order valence-corrected chi connectivity index (χ4v) is 4.45. The molecule has 144 valence electrons. The van der Waals surface area contributed by atoms with Crippen LogP contribution in [-0.4, -0.2) is 28.1 Å². The maximum absolute atomic E-state index is 12.3. The van der Waals surface area contributed by atoms with E-state index in [1.54, 1.807) is 24.3 Å². The molecule has 0 aliphatic heterocycles. The van der Waals surface area contributed by atoms with Gasteiger partial charge in [0.2, 0.25) is 5.13 Å². The fourth-order valence-electron chi connectivity index (χ4n) is 2.26. The van der Waals surface area contributed by atoms with Crippen LogP contribution in [0.1, 0.15) is 15.9 Å². The third-order valence-electron chi connectivity index (χ3n) is 3.57. The summed E-state index contributed by atoms with van der Waals surface area (Å²) in [5.74, 6) is 0.683. The highest BCUT2D eigenvalue weighted by molar-refractivity contribution is 9.10. The lowest BCUT2D eigenvalue weighted by atomic mass is 10.2. The number of rotatable bonds is 7. The molecule has 0 bridgehead atoms. The van der Waals surface area contributed by atoms with Crippen LogP contribution >= 0.6 is 39.0 Å². The van der Waals surface area contributed by atoms with Crippen LogP contribution < -0.4 is 10.1 Å². The number of hydrogen-bond acceptors (Lipinski definition) is 8. The predicted octanol–water partition coefficient (Wildman–Crippen LogP) is 4.76. The average Bonchev–Trinajstić information content (AvgIpc) is 3.13. The maximum Gasteiger partial charge on any atom is 0.270 e. The van der Waals surface area contributed by atoms with Crippen molar-refractivity contribution in [3.63, 3.8) is 0 Å². The lowest BCUT2D eigenvalue weighted by Gasteiger charge is -2.06. The molecule has 28 heavy (non-hydrogen) atoms. The van der Waals surface area contributed by atoms with Crippen molar-refractivity contribution in [2.75, 3.05) is 12.4 Å². The van der Waals surface area contributed by atoms with Gasteiger partial charge in [0.1, 0.15) is 5.75 Å². The van der Waals surface area contributed by atoms with Crippen molar-refractivity contribution >= 4 is 55.8 Å². The Morgan fingerprint density at radius 3 is 2.82 bits per heavy atom. The number of halogens is 1. The molecule has 11 heteroatoms. The molecule has 3 aromatic rings. The van der Waals surface area contributed by atoms with Crippen molar-refractivity contribution in [3.8, 4) is 5.75 Å². The Morgan fingerprint density at radius 1 is 1.32 bits per heavy atom. The van der Waals surface area contributed by atoms with Gasteiger partial charge in [-0.2, -0.15) is 0 Å². The van der Waals surface area contributed by atoms with E-state index in [2.05, 4.69) is 31.4 Å². The molecule has 0 radical (unpaired) electrons. The molecule has 0 atom stereocenters. The molecule has 0 unspecified atom stereocenters. The number of nitrogens with zero attached hydrogens (tertiary/aromatic N) is 3. The number of thioether (sulfide) groups is 1. The van der Waals surface area contributed by atoms with Gasteiger partial charge in [-0.15, -0.1) is 10.2 Å². The second-order valence-electron chi connectivity index (χ2n) is 5.35. The zero-order valence-corrected chi connectivity index (χ0v) is 17.6. The number of nitro groups is 1. The zero-order chi connectivity index (χ0) is 20.1. The van der Waals surface area contributed by atoms with E-state index in [4.69, 9.17) is 4.74 Å². The minimum atomic E-state index is -0.450. The lowest BCUT2D eigenvalue weighted by Crippen LogP contribution is -2.12. The Balaban J connectivity index is 1.67. The Hall–Kier alpha value is -2.50. The topological polar surface area (TPSA) is 107 Å². The van der Waals surface area contributed by atoms with Gasteiger partial charge < -0.3 is 4.74 Å². The third kappa shape index (κ3) is 4.86. The number of hydrogen-bond donors (Lipinski definition) is 1. The first kappa shape index (κ1) is 20.2. The number of carbonyl (C=O) groups is 1. The van der Waals surface area contributed by atoms with E-state index in [-0.39, 0.29) is 11.6 Å². The Bertz CT molecular complexity index is 1030. The molecule has 8 nitrogen and oxygen atoms in total. The van der Waals surface area contributed by atoms with Crippen molar-refractivity contribution in [2.24, 2.45) is 0 Å². The second kappa shape index (κ2) is 9.13. The molecule has 1 N–H and O–H groups in total. The number of carbonyl (C=O) groups excluding carboxylic acids is 1. The summed E-state index contributed by atoms with van der Waals surface area (Å²) < 4.78 is 6.56. The van der Waals surface area contributed by atoms with Crippen molar-refractivity contribution in [2.45, 2.75) is 10.1 Å². The van der Waals surface area contributed by atoms with Gasteiger partial charge in [0, 0.05) is 27.9 Å². The predicted molar refractivity (Wildman–Crippen MR) is 111 cm³/mol. The first-order chi connectivity index (χ1) is 13.5. The molecular formula is C17H13BrN4O4S2. The summed E-state index contributed by atoms with van der Waals surface area (Å²) in [5, 5.41) is 22.1. The number of nitro benzene ring substituents is 1. The summed E-state index contributed by atoms with van der Waals surface area (Å²) in [4.78, 5) is 22.8. The quantitative estimate of drug-likeness (QED) is 0.224. The minimum Gasteiger partial charge on any atom is -0.496 e. The van der Waals surface area contributed by atoms with Gasteiger partial charge in [0.15, 0.2) is 4.34 Å². The Labute approximate surface area is 176 Å². The first-order valence-corrected chi connectivity index (χ1v) is 10.4. The summed E-state index contributed by atoms with van der Waals surface area (Å²) in [6.45, 7) is 0. The molecular weight excluding hydrogens is 468 g/mol. The van der Waals surface area contributed by atoms with Crippen LogP contribution in [0.4, 0.5) is 10.8 Å². The molecule has 0 fully saturated rings. The van der Waals surface area contributed by atoms with E-state index in [9.17, 15) is 14.9 Å². The molecule has 3 rings (SSSR count). The number of ether oxygens (including phenoxy) is 1. The third-order valence-corrected chi connectivity index (χ3v) is 6.28. The van der Waals surface area contributed by atoms with Crippen LogP contribution in [-0.2, 0) is 5.75 Å².